The summed E-state index contributed by atoms with van der Waals surface area (Å²) >= 11 is 0. The van der Waals surface area contributed by atoms with Gasteiger partial charge in [-0.3, -0.25) is 4.79 Å². The molecule has 3 heterocycles. The highest BCUT2D eigenvalue weighted by molar-refractivity contribution is 5.83. The predicted molar refractivity (Wildman–Crippen MR) is 129 cm³/mol. The Labute approximate surface area is 192 Å². The number of aryl methyl sites for hydroxylation is 2. The third kappa shape index (κ3) is 3.34. The average Bonchev–Trinajstić information content (AvgIpc) is 3.56. The maximum absolute atomic E-state index is 13.5. The van der Waals surface area contributed by atoms with E-state index in [-0.39, 0.29) is 11.6 Å². The van der Waals surface area contributed by atoms with E-state index in [0.717, 1.165) is 59.3 Å². The molecule has 7 heteroatoms. The van der Waals surface area contributed by atoms with Gasteiger partial charge in [0.15, 0.2) is 5.82 Å². The number of nitrogens with zero attached hydrogens (tertiary/aromatic N) is 5. The van der Waals surface area contributed by atoms with Crippen LogP contribution in [0.1, 0.15) is 65.8 Å². The number of hydrogen-bond acceptors (Lipinski definition) is 5. The van der Waals surface area contributed by atoms with Crippen LogP contribution in [0, 0.1) is 13.8 Å². The fraction of sp³-hybridized carbons (Fsp3) is 0.385. The van der Waals surface area contributed by atoms with Gasteiger partial charge in [-0.05, 0) is 78.4 Å². The zero-order chi connectivity index (χ0) is 22.5. The standard InChI is InChI=1S/C26H28N6O/c1-16-13-17(2)20-15-21(26(33)27-22(20)14-16)24(31-12-11-18-7-3-6-10-23(18)31)25-28-29-30-32(25)19-8-4-5-9-19/h3,6-7,10,13-15,19,24H,4-5,8-9,11-12H2,1-2H3,(H,27,33)/t24-/m1/s1. The molecule has 2 aromatic heterocycles. The number of nitrogens with one attached hydrogen (secondary N) is 1. The van der Waals surface area contributed by atoms with Gasteiger partial charge in [-0.25, -0.2) is 4.68 Å². The van der Waals surface area contributed by atoms with Crippen molar-refractivity contribution in [2.24, 2.45) is 0 Å². The van der Waals surface area contributed by atoms with Gasteiger partial charge >= 0.3 is 0 Å². The lowest BCUT2D eigenvalue weighted by atomic mass is 9.99. The smallest absolute Gasteiger partial charge is 0.254 e. The van der Waals surface area contributed by atoms with E-state index in [1.807, 2.05) is 10.7 Å². The molecule has 1 saturated carbocycles. The maximum atomic E-state index is 13.5. The highest BCUT2D eigenvalue weighted by atomic mass is 16.1. The number of fused-ring (bicyclic) bond motifs is 2. The minimum absolute atomic E-state index is 0.0807. The van der Waals surface area contributed by atoms with Crippen LogP contribution in [0.5, 0.6) is 0 Å². The van der Waals surface area contributed by atoms with Crippen molar-refractivity contribution >= 4 is 16.6 Å². The predicted octanol–water partition coefficient (Wildman–Crippen LogP) is 4.40. The van der Waals surface area contributed by atoms with E-state index < -0.39 is 0 Å². The third-order valence-electron chi connectivity index (χ3n) is 7.30. The van der Waals surface area contributed by atoms with Crippen LogP contribution >= 0.6 is 0 Å². The molecule has 0 spiro atoms. The molecule has 0 saturated heterocycles. The Balaban J connectivity index is 1.57. The summed E-state index contributed by atoms with van der Waals surface area (Å²) in [5, 5.41) is 14.1. The van der Waals surface area contributed by atoms with E-state index in [4.69, 9.17) is 0 Å². The Hall–Kier alpha value is -3.48. The average molecular weight is 441 g/mol. The van der Waals surface area contributed by atoms with Crippen LogP contribution in [0.2, 0.25) is 0 Å². The van der Waals surface area contributed by atoms with E-state index in [1.165, 1.54) is 18.4 Å². The SMILES string of the molecule is Cc1cc(C)c2cc([C@H](c3nnnn3C3CCCC3)N3CCc4ccccc43)c(=O)[nH]c2c1. The number of benzene rings is 2. The summed E-state index contributed by atoms with van der Waals surface area (Å²) in [6.45, 7) is 4.98. The van der Waals surface area contributed by atoms with Crippen molar-refractivity contribution in [2.75, 3.05) is 11.4 Å². The number of aromatic amines is 1. The third-order valence-corrected chi connectivity index (χ3v) is 7.30. The van der Waals surface area contributed by atoms with Crippen LogP contribution in [-0.2, 0) is 6.42 Å². The van der Waals surface area contributed by atoms with Crippen molar-refractivity contribution < 1.29 is 0 Å². The molecule has 33 heavy (non-hydrogen) atoms. The minimum Gasteiger partial charge on any atom is -0.357 e. The Morgan fingerprint density at radius 3 is 2.76 bits per heavy atom. The van der Waals surface area contributed by atoms with Gasteiger partial charge in [-0.15, -0.1) is 5.10 Å². The van der Waals surface area contributed by atoms with Gasteiger partial charge in [0.25, 0.3) is 5.56 Å². The van der Waals surface area contributed by atoms with Crippen molar-refractivity contribution in [1.29, 1.82) is 0 Å². The van der Waals surface area contributed by atoms with Crippen molar-refractivity contribution in [3.63, 3.8) is 0 Å². The first-order valence-corrected chi connectivity index (χ1v) is 11.9. The van der Waals surface area contributed by atoms with E-state index in [9.17, 15) is 4.79 Å². The molecule has 7 nitrogen and oxygen atoms in total. The highest BCUT2D eigenvalue weighted by Crippen LogP contribution is 2.39. The number of rotatable bonds is 4. The zero-order valence-corrected chi connectivity index (χ0v) is 19.1. The molecule has 168 valence electrons. The lowest BCUT2D eigenvalue weighted by Crippen LogP contribution is -2.34. The molecule has 0 bridgehead atoms. The van der Waals surface area contributed by atoms with Gasteiger partial charge in [0, 0.05) is 28.7 Å². The van der Waals surface area contributed by atoms with E-state index >= 15 is 0 Å². The lowest BCUT2D eigenvalue weighted by molar-refractivity contribution is 0.428. The molecule has 1 aliphatic carbocycles. The quantitative estimate of drug-likeness (QED) is 0.509. The first-order valence-electron chi connectivity index (χ1n) is 11.9. The molecule has 1 atom stereocenters. The summed E-state index contributed by atoms with van der Waals surface area (Å²) in [5.74, 6) is 0.758. The van der Waals surface area contributed by atoms with Gasteiger partial charge < -0.3 is 9.88 Å². The molecule has 4 aromatic rings. The second-order valence-corrected chi connectivity index (χ2v) is 9.49. The van der Waals surface area contributed by atoms with Crippen LogP contribution in [-0.4, -0.2) is 31.7 Å². The number of H-pyrrole nitrogens is 1. The summed E-state index contributed by atoms with van der Waals surface area (Å²) in [6, 6.07) is 14.6. The lowest BCUT2D eigenvalue weighted by Gasteiger charge is -2.30. The Kier molecular flexibility index (Phi) is 4.78. The van der Waals surface area contributed by atoms with E-state index in [0.29, 0.717) is 11.6 Å². The molecule has 0 amide bonds. The zero-order valence-electron chi connectivity index (χ0n) is 19.1. The summed E-state index contributed by atoms with van der Waals surface area (Å²) in [6.07, 6.45) is 5.48. The normalized spacial score (nSPS) is 17.1. The van der Waals surface area contributed by atoms with Gasteiger partial charge in [0.2, 0.25) is 0 Å². The molecular formula is C26H28N6O. The van der Waals surface area contributed by atoms with Crippen LogP contribution in [0.15, 0.2) is 47.3 Å². The van der Waals surface area contributed by atoms with Crippen molar-refractivity contribution in [1.82, 2.24) is 25.2 Å². The van der Waals surface area contributed by atoms with Crippen molar-refractivity contribution in [2.45, 2.75) is 58.0 Å². The number of anilines is 1. The second-order valence-electron chi connectivity index (χ2n) is 9.49. The fourth-order valence-electron chi connectivity index (χ4n) is 5.76. The molecule has 2 aliphatic rings. The van der Waals surface area contributed by atoms with Crippen LogP contribution in [0.3, 0.4) is 0 Å². The molecule has 2 aromatic carbocycles. The fourth-order valence-corrected chi connectivity index (χ4v) is 5.76. The molecule has 0 unspecified atom stereocenters. The Bertz CT molecular complexity index is 1400. The van der Waals surface area contributed by atoms with E-state index in [1.54, 1.807) is 0 Å². The van der Waals surface area contributed by atoms with Gasteiger partial charge in [-0.2, -0.15) is 0 Å². The first kappa shape index (κ1) is 20.1. The van der Waals surface area contributed by atoms with Gasteiger partial charge in [0.05, 0.1) is 6.04 Å². The molecule has 0 radical (unpaired) electrons. The maximum Gasteiger partial charge on any atom is 0.254 e. The van der Waals surface area contributed by atoms with Gasteiger partial charge in [-0.1, -0.05) is 37.1 Å². The van der Waals surface area contributed by atoms with Crippen LogP contribution in [0.25, 0.3) is 10.9 Å². The molecule has 6 rings (SSSR count). The monoisotopic (exact) mass is 440 g/mol. The van der Waals surface area contributed by atoms with Gasteiger partial charge in [0.1, 0.15) is 6.04 Å². The summed E-state index contributed by atoms with van der Waals surface area (Å²) < 4.78 is 1.99. The van der Waals surface area contributed by atoms with Crippen LogP contribution < -0.4 is 10.5 Å². The number of tetrazole rings is 1. The first-order chi connectivity index (χ1) is 16.1. The summed E-state index contributed by atoms with van der Waals surface area (Å²) in [5.41, 5.74) is 6.23. The Morgan fingerprint density at radius 2 is 1.91 bits per heavy atom. The number of hydrogen-bond donors (Lipinski definition) is 1. The number of pyridine rings is 1. The highest BCUT2D eigenvalue weighted by Gasteiger charge is 2.36. The molecule has 1 aliphatic heterocycles. The largest absolute Gasteiger partial charge is 0.357 e. The van der Waals surface area contributed by atoms with Crippen molar-refractivity contribution in [3.8, 4) is 0 Å². The number of para-hydroxylation sites is 1. The topological polar surface area (TPSA) is 79.7 Å². The number of aromatic nitrogens is 5. The summed E-state index contributed by atoms with van der Waals surface area (Å²) in [7, 11) is 0. The Morgan fingerprint density at radius 1 is 1.09 bits per heavy atom. The molecule has 1 fully saturated rings. The van der Waals surface area contributed by atoms with E-state index in [2.05, 4.69) is 75.7 Å². The van der Waals surface area contributed by atoms with Crippen LogP contribution in [0.4, 0.5) is 5.69 Å². The van der Waals surface area contributed by atoms with Crippen molar-refractivity contribution in [3.05, 3.63) is 80.9 Å². The minimum atomic E-state index is -0.349. The second kappa shape index (κ2) is 7.83. The summed E-state index contributed by atoms with van der Waals surface area (Å²) in [4.78, 5) is 19.0. The molecular weight excluding hydrogens is 412 g/mol. The molecule has 1 N–H and O–H groups in total.